The van der Waals surface area contributed by atoms with Gasteiger partial charge in [0.25, 0.3) is 0 Å². The largest absolute Gasteiger partial charge is 0.399 e. The summed E-state index contributed by atoms with van der Waals surface area (Å²) >= 11 is 0. The van der Waals surface area contributed by atoms with Crippen LogP contribution in [0.3, 0.4) is 0 Å². The van der Waals surface area contributed by atoms with Crippen LogP contribution in [-0.4, -0.2) is 19.8 Å². The van der Waals surface area contributed by atoms with Gasteiger partial charge in [-0.25, -0.2) is 9.18 Å². The Bertz CT molecular complexity index is 671. The number of nitrogens with zero attached hydrogens (tertiary/aromatic N) is 4. The SMILES string of the molecule is Cn1nnn(-c2cc(N)cc(C3CC3)c2F)c1=O. The second kappa shape index (κ2) is 3.66. The minimum atomic E-state index is -0.499. The quantitative estimate of drug-likeness (QED) is 0.789. The van der Waals surface area contributed by atoms with Gasteiger partial charge < -0.3 is 5.73 Å². The highest BCUT2D eigenvalue weighted by atomic mass is 19.1. The van der Waals surface area contributed by atoms with Crippen LogP contribution in [-0.2, 0) is 7.05 Å². The van der Waals surface area contributed by atoms with Crippen LogP contribution in [0.5, 0.6) is 0 Å². The molecule has 6 nitrogen and oxygen atoms in total. The Hall–Kier alpha value is -2.18. The molecule has 0 atom stereocenters. The Kier molecular flexibility index (Phi) is 2.22. The van der Waals surface area contributed by atoms with Gasteiger partial charge in [0.1, 0.15) is 5.69 Å². The second-order valence-electron chi connectivity index (χ2n) is 4.51. The number of aromatic nitrogens is 4. The first-order chi connectivity index (χ1) is 8.58. The van der Waals surface area contributed by atoms with Gasteiger partial charge in [0, 0.05) is 12.7 Å². The van der Waals surface area contributed by atoms with Crippen LogP contribution in [0.1, 0.15) is 24.3 Å². The summed E-state index contributed by atoms with van der Waals surface area (Å²) in [6.07, 6.45) is 1.91. The van der Waals surface area contributed by atoms with Crippen molar-refractivity contribution in [2.75, 3.05) is 5.73 Å². The van der Waals surface area contributed by atoms with Crippen molar-refractivity contribution in [1.29, 1.82) is 0 Å². The summed E-state index contributed by atoms with van der Waals surface area (Å²) in [6, 6.07) is 3.02. The van der Waals surface area contributed by atoms with E-state index in [2.05, 4.69) is 10.4 Å². The summed E-state index contributed by atoms with van der Waals surface area (Å²) < 4.78 is 16.3. The van der Waals surface area contributed by atoms with E-state index in [1.807, 2.05) is 0 Å². The molecule has 1 aliphatic rings. The third-order valence-corrected chi connectivity index (χ3v) is 3.07. The highest BCUT2D eigenvalue weighted by Crippen LogP contribution is 2.42. The fourth-order valence-electron chi connectivity index (χ4n) is 1.96. The molecule has 1 aromatic carbocycles. The number of tetrazole rings is 1. The zero-order chi connectivity index (χ0) is 12.9. The van der Waals surface area contributed by atoms with Gasteiger partial charge in [-0.3, -0.25) is 0 Å². The van der Waals surface area contributed by atoms with Gasteiger partial charge in [-0.15, -0.1) is 0 Å². The van der Waals surface area contributed by atoms with Gasteiger partial charge in [-0.2, -0.15) is 9.36 Å². The summed E-state index contributed by atoms with van der Waals surface area (Å²) in [5, 5.41) is 7.19. The normalized spacial score (nSPS) is 15.0. The lowest BCUT2D eigenvalue weighted by molar-refractivity contribution is 0.590. The molecular weight excluding hydrogens is 237 g/mol. The Morgan fingerprint density at radius 1 is 1.39 bits per heavy atom. The third kappa shape index (κ3) is 1.59. The maximum absolute atomic E-state index is 14.3. The third-order valence-electron chi connectivity index (χ3n) is 3.07. The Labute approximate surface area is 102 Å². The molecule has 1 saturated carbocycles. The average Bonchev–Trinajstić information content (AvgIpc) is 3.11. The van der Waals surface area contributed by atoms with Gasteiger partial charge in [0.05, 0.1) is 0 Å². The smallest absolute Gasteiger partial charge is 0.368 e. The minimum absolute atomic E-state index is 0.0648. The molecule has 1 aliphatic carbocycles. The average molecular weight is 249 g/mol. The van der Waals surface area contributed by atoms with Gasteiger partial charge in [0.15, 0.2) is 5.82 Å². The van der Waals surface area contributed by atoms with E-state index < -0.39 is 11.5 Å². The maximum atomic E-state index is 14.3. The Morgan fingerprint density at radius 2 is 2.11 bits per heavy atom. The summed E-state index contributed by atoms with van der Waals surface area (Å²) in [7, 11) is 1.46. The monoisotopic (exact) mass is 249 g/mol. The van der Waals surface area contributed by atoms with Crippen LogP contribution < -0.4 is 11.4 Å². The number of halogens is 1. The first kappa shape index (κ1) is 10.9. The van der Waals surface area contributed by atoms with Crippen LogP contribution >= 0.6 is 0 Å². The van der Waals surface area contributed by atoms with Crippen molar-refractivity contribution in [3.8, 4) is 5.69 Å². The minimum Gasteiger partial charge on any atom is -0.399 e. The molecule has 0 amide bonds. The number of benzene rings is 1. The molecule has 7 heteroatoms. The summed E-state index contributed by atoms with van der Waals surface area (Å²) in [5.74, 6) is -0.228. The Balaban J connectivity index is 2.23. The number of aryl methyl sites for hydroxylation is 1. The van der Waals surface area contributed by atoms with E-state index in [9.17, 15) is 9.18 Å². The zero-order valence-corrected chi connectivity index (χ0v) is 9.80. The zero-order valence-electron chi connectivity index (χ0n) is 9.80. The molecule has 1 aromatic heterocycles. The van der Waals surface area contributed by atoms with Crippen molar-refractivity contribution in [2.45, 2.75) is 18.8 Å². The van der Waals surface area contributed by atoms with Crippen LogP contribution in [0.2, 0.25) is 0 Å². The van der Waals surface area contributed by atoms with Crippen molar-refractivity contribution >= 4 is 5.69 Å². The molecule has 94 valence electrons. The van der Waals surface area contributed by atoms with E-state index >= 15 is 0 Å². The van der Waals surface area contributed by atoms with Crippen LogP contribution in [0.15, 0.2) is 16.9 Å². The molecule has 3 rings (SSSR count). The number of hydrogen-bond acceptors (Lipinski definition) is 4. The van der Waals surface area contributed by atoms with Crippen molar-refractivity contribution in [3.63, 3.8) is 0 Å². The fourth-order valence-corrected chi connectivity index (χ4v) is 1.96. The molecule has 0 aliphatic heterocycles. The molecule has 2 N–H and O–H groups in total. The van der Waals surface area contributed by atoms with E-state index in [1.54, 1.807) is 6.07 Å². The lowest BCUT2D eigenvalue weighted by Gasteiger charge is -2.08. The van der Waals surface area contributed by atoms with E-state index in [1.165, 1.54) is 13.1 Å². The summed E-state index contributed by atoms with van der Waals surface area (Å²) in [4.78, 5) is 11.7. The molecule has 1 fully saturated rings. The first-order valence-electron chi connectivity index (χ1n) is 5.66. The molecule has 0 spiro atoms. The Morgan fingerprint density at radius 3 is 2.67 bits per heavy atom. The summed E-state index contributed by atoms with van der Waals surface area (Å²) in [5.41, 5.74) is 6.30. The molecule has 0 radical (unpaired) electrons. The highest BCUT2D eigenvalue weighted by Gasteiger charge is 2.29. The molecule has 0 saturated heterocycles. The van der Waals surface area contributed by atoms with E-state index in [4.69, 9.17) is 5.73 Å². The maximum Gasteiger partial charge on any atom is 0.368 e. The van der Waals surface area contributed by atoms with Crippen LogP contribution in [0.25, 0.3) is 5.69 Å². The number of nitrogens with two attached hydrogens (primary N) is 1. The van der Waals surface area contributed by atoms with Crippen LogP contribution in [0, 0.1) is 5.82 Å². The van der Waals surface area contributed by atoms with Gasteiger partial charge in [-0.1, -0.05) is 0 Å². The highest BCUT2D eigenvalue weighted by molar-refractivity contribution is 5.53. The van der Waals surface area contributed by atoms with E-state index in [-0.39, 0.29) is 11.6 Å². The number of anilines is 1. The van der Waals surface area contributed by atoms with Gasteiger partial charge in [-0.05, 0) is 46.9 Å². The standard InChI is InChI=1S/C11H12FN5O/c1-16-11(18)17(15-14-16)9-5-7(13)4-8(10(9)12)6-2-3-6/h4-6H,2-3,13H2,1H3. The predicted octanol–water partition coefficient (Wildman–Crippen LogP) is 0.565. The summed E-state index contributed by atoms with van der Waals surface area (Å²) in [6.45, 7) is 0. The first-order valence-corrected chi connectivity index (χ1v) is 5.66. The van der Waals surface area contributed by atoms with Crippen molar-refractivity contribution < 1.29 is 4.39 Å². The van der Waals surface area contributed by atoms with Crippen LogP contribution in [0.4, 0.5) is 10.1 Å². The second-order valence-corrected chi connectivity index (χ2v) is 4.51. The lowest BCUT2D eigenvalue weighted by atomic mass is 10.1. The van der Waals surface area contributed by atoms with Gasteiger partial charge in [0.2, 0.25) is 0 Å². The number of nitrogen functional groups attached to an aromatic ring is 1. The topological polar surface area (TPSA) is 78.7 Å². The van der Waals surface area contributed by atoms with Gasteiger partial charge >= 0.3 is 5.69 Å². The van der Waals surface area contributed by atoms with Crippen molar-refractivity contribution in [1.82, 2.24) is 19.8 Å². The molecule has 0 bridgehead atoms. The lowest BCUT2D eigenvalue weighted by Crippen LogP contribution is -2.23. The molecule has 1 heterocycles. The predicted molar refractivity (Wildman–Crippen MR) is 62.9 cm³/mol. The molecule has 2 aromatic rings. The van der Waals surface area contributed by atoms with E-state index in [0.717, 1.165) is 22.2 Å². The fraction of sp³-hybridized carbons (Fsp3) is 0.364. The van der Waals surface area contributed by atoms with Crippen molar-refractivity contribution in [2.24, 2.45) is 7.05 Å². The molecular formula is C11H12FN5O. The number of hydrogen-bond donors (Lipinski definition) is 1. The molecule has 0 unspecified atom stereocenters. The number of rotatable bonds is 2. The molecule has 18 heavy (non-hydrogen) atoms. The van der Waals surface area contributed by atoms with Crippen molar-refractivity contribution in [3.05, 3.63) is 34.0 Å². The van der Waals surface area contributed by atoms with E-state index in [0.29, 0.717) is 11.3 Å².